The molecule has 0 atom stereocenters. The van der Waals surface area contributed by atoms with Gasteiger partial charge in [-0.25, -0.2) is 0 Å². The van der Waals surface area contributed by atoms with Crippen molar-refractivity contribution in [2.75, 3.05) is 33.0 Å². The number of carbonyl (C=O) groups excluding carboxylic acids is 1. The molecule has 2 aromatic rings. The highest BCUT2D eigenvalue weighted by atomic mass is 16.7. The summed E-state index contributed by atoms with van der Waals surface area (Å²) in [7, 11) is 0. The molecule has 1 aromatic heterocycles. The largest absolute Gasteiger partial charge is 0.454 e. The van der Waals surface area contributed by atoms with Crippen LogP contribution in [0.2, 0.25) is 0 Å². The molecule has 4 rings (SSSR count). The van der Waals surface area contributed by atoms with Crippen LogP contribution in [-0.4, -0.2) is 53.8 Å². The lowest BCUT2D eigenvalue weighted by atomic mass is 10.1. The van der Waals surface area contributed by atoms with E-state index < -0.39 is 0 Å². The highest BCUT2D eigenvalue weighted by molar-refractivity contribution is 5.79. The average molecular weight is 343 g/mol. The van der Waals surface area contributed by atoms with E-state index in [1.807, 2.05) is 36.1 Å². The molecule has 0 saturated carbocycles. The molecule has 1 saturated heterocycles. The molecule has 25 heavy (non-hydrogen) atoms. The number of hydrogen-bond acceptors (Lipinski definition) is 6. The number of piperazine rings is 1. The van der Waals surface area contributed by atoms with Crippen LogP contribution in [-0.2, 0) is 17.8 Å². The van der Waals surface area contributed by atoms with Crippen LogP contribution >= 0.6 is 0 Å². The van der Waals surface area contributed by atoms with E-state index in [0.29, 0.717) is 6.42 Å². The van der Waals surface area contributed by atoms with Crippen LogP contribution in [0.4, 0.5) is 0 Å². The number of fused-ring (bicyclic) bond motifs is 1. The molecule has 0 radical (unpaired) electrons. The molecule has 0 bridgehead atoms. The molecule has 0 spiro atoms. The molecule has 7 nitrogen and oxygen atoms in total. The van der Waals surface area contributed by atoms with Crippen LogP contribution in [0, 0.1) is 6.92 Å². The molecule has 0 N–H and O–H groups in total. The summed E-state index contributed by atoms with van der Waals surface area (Å²) in [5, 5.41) is 3.91. The number of carbonyl (C=O) groups is 1. The van der Waals surface area contributed by atoms with Gasteiger partial charge in [0.25, 0.3) is 0 Å². The first kappa shape index (κ1) is 16.0. The molecular weight excluding hydrogens is 322 g/mol. The molecule has 3 heterocycles. The highest BCUT2D eigenvalue weighted by Gasteiger charge is 2.23. The average Bonchev–Trinajstić information content (AvgIpc) is 3.24. The highest BCUT2D eigenvalue weighted by Crippen LogP contribution is 2.32. The third-order valence-electron chi connectivity index (χ3n) is 4.57. The predicted molar refractivity (Wildman–Crippen MR) is 89.4 cm³/mol. The lowest BCUT2D eigenvalue weighted by molar-refractivity contribution is -0.132. The molecule has 1 fully saturated rings. The zero-order chi connectivity index (χ0) is 17.2. The molecule has 0 aliphatic carbocycles. The molecule has 7 heteroatoms. The number of benzene rings is 1. The SMILES string of the molecule is Cc1cc(CN2CCN(C(=O)Cc3ccc4c(c3)OCO4)CC2)on1. The first-order chi connectivity index (χ1) is 12.2. The zero-order valence-corrected chi connectivity index (χ0v) is 14.2. The van der Waals surface area contributed by atoms with Crippen LogP contribution in [0.25, 0.3) is 0 Å². The van der Waals surface area contributed by atoms with Crippen LogP contribution < -0.4 is 9.47 Å². The Morgan fingerprint density at radius 2 is 1.92 bits per heavy atom. The Bertz CT molecular complexity index is 765. The van der Waals surface area contributed by atoms with Crippen molar-refractivity contribution in [2.24, 2.45) is 0 Å². The monoisotopic (exact) mass is 343 g/mol. The van der Waals surface area contributed by atoms with Crippen LogP contribution in [0.15, 0.2) is 28.8 Å². The third-order valence-corrected chi connectivity index (χ3v) is 4.57. The van der Waals surface area contributed by atoms with Gasteiger partial charge in [0.2, 0.25) is 12.7 Å². The van der Waals surface area contributed by atoms with Gasteiger partial charge < -0.3 is 18.9 Å². The van der Waals surface area contributed by atoms with Crippen molar-refractivity contribution in [1.29, 1.82) is 0 Å². The van der Waals surface area contributed by atoms with Crippen molar-refractivity contribution in [2.45, 2.75) is 19.9 Å². The Balaban J connectivity index is 1.29. The number of aromatic nitrogens is 1. The van der Waals surface area contributed by atoms with Gasteiger partial charge in [0.15, 0.2) is 17.3 Å². The van der Waals surface area contributed by atoms with Crippen molar-refractivity contribution in [3.05, 3.63) is 41.3 Å². The molecular formula is C18H21N3O4. The fourth-order valence-corrected chi connectivity index (χ4v) is 3.20. The minimum Gasteiger partial charge on any atom is -0.454 e. The smallest absolute Gasteiger partial charge is 0.231 e. The number of amides is 1. The lowest BCUT2D eigenvalue weighted by Crippen LogP contribution is -2.48. The Hall–Kier alpha value is -2.54. The van der Waals surface area contributed by atoms with Gasteiger partial charge in [-0.2, -0.15) is 0 Å². The number of ether oxygens (including phenoxy) is 2. The van der Waals surface area contributed by atoms with Gasteiger partial charge in [0, 0.05) is 32.2 Å². The van der Waals surface area contributed by atoms with E-state index in [-0.39, 0.29) is 12.7 Å². The van der Waals surface area contributed by atoms with Crippen molar-refractivity contribution >= 4 is 5.91 Å². The van der Waals surface area contributed by atoms with Crippen LogP contribution in [0.3, 0.4) is 0 Å². The van der Waals surface area contributed by atoms with Crippen molar-refractivity contribution in [1.82, 2.24) is 15.0 Å². The fourth-order valence-electron chi connectivity index (χ4n) is 3.20. The third kappa shape index (κ3) is 3.61. The summed E-state index contributed by atoms with van der Waals surface area (Å²) in [6.45, 7) is 6.05. The summed E-state index contributed by atoms with van der Waals surface area (Å²) in [5.41, 5.74) is 1.85. The normalized spacial score (nSPS) is 17.1. The summed E-state index contributed by atoms with van der Waals surface area (Å²) in [6.07, 6.45) is 0.387. The van der Waals surface area contributed by atoms with Gasteiger partial charge >= 0.3 is 0 Å². The van der Waals surface area contributed by atoms with E-state index in [1.165, 1.54) is 0 Å². The van der Waals surface area contributed by atoms with E-state index in [4.69, 9.17) is 14.0 Å². The number of rotatable bonds is 4. The molecule has 0 unspecified atom stereocenters. The van der Waals surface area contributed by atoms with Crippen molar-refractivity contribution in [3.63, 3.8) is 0 Å². The quantitative estimate of drug-likeness (QED) is 0.840. The second-order valence-corrected chi connectivity index (χ2v) is 6.46. The zero-order valence-electron chi connectivity index (χ0n) is 14.2. The van der Waals surface area contributed by atoms with Gasteiger partial charge in [0.05, 0.1) is 18.7 Å². The second-order valence-electron chi connectivity index (χ2n) is 6.46. The maximum absolute atomic E-state index is 12.5. The Morgan fingerprint density at radius 3 is 2.68 bits per heavy atom. The van der Waals surface area contributed by atoms with Gasteiger partial charge in [-0.05, 0) is 24.6 Å². The van der Waals surface area contributed by atoms with Gasteiger partial charge in [0.1, 0.15) is 0 Å². The van der Waals surface area contributed by atoms with E-state index in [9.17, 15) is 4.79 Å². The maximum atomic E-state index is 12.5. The van der Waals surface area contributed by atoms with Gasteiger partial charge in [-0.3, -0.25) is 9.69 Å². The lowest BCUT2D eigenvalue weighted by Gasteiger charge is -2.34. The fraction of sp³-hybridized carbons (Fsp3) is 0.444. The maximum Gasteiger partial charge on any atom is 0.231 e. The minimum atomic E-state index is 0.147. The molecule has 2 aliphatic rings. The summed E-state index contributed by atoms with van der Waals surface area (Å²) >= 11 is 0. The summed E-state index contributed by atoms with van der Waals surface area (Å²) in [4.78, 5) is 16.7. The summed E-state index contributed by atoms with van der Waals surface area (Å²) in [5.74, 6) is 2.48. The minimum absolute atomic E-state index is 0.147. The van der Waals surface area contributed by atoms with E-state index in [2.05, 4.69) is 10.1 Å². The van der Waals surface area contributed by atoms with E-state index in [0.717, 1.165) is 61.2 Å². The first-order valence-electron chi connectivity index (χ1n) is 8.48. The number of aryl methyl sites for hydroxylation is 1. The molecule has 132 valence electrons. The Kier molecular flexibility index (Phi) is 4.31. The predicted octanol–water partition coefficient (Wildman–Crippen LogP) is 1.60. The Labute approximate surface area is 146 Å². The number of nitrogens with zero attached hydrogens (tertiary/aromatic N) is 3. The van der Waals surface area contributed by atoms with Crippen LogP contribution in [0.5, 0.6) is 11.5 Å². The standard InChI is InChI=1S/C18H21N3O4/c1-13-8-15(25-19-13)11-20-4-6-21(7-5-20)18(22)10-14-2-3-16-17(9-14)24-12-23-16/h2-3,8-9H,4-7,10-12H2,1H3. The van der Waals surface area contributed by atoms with Gasteiger partial charge in [-0.1, -0.05) is 11.2 Å². The van der Waals surface area contributed by atoms with Crippen molar-refractivity contribution in [3.8, 4) is 11.5 Å². The molecule has 2 aliphatic heterocycles. The second kappa shape index (κ2) is 6.76. The van der Waals surface area contributed by atoms with Gasteiger partial charge in [-0.15, -0.1) is 0 Å². The number of hydrogen-bond donors (Lipinski definition) is 0. The molecule has 1 aromatic carbocycles. The summed E-state index contributed by atoms with van der Waals surface area (Å²) < 4.78 is 15.9. The first-order valence-corrected chi connectivity index (χ1v) is 8.48. The molecule has 1 amide bonds. The Morgan fingerprint density at radius 1 is 1.12 bits per heavy atom. The van der Waals surface area contributed by atoms with E-state index >= 15 is 0 Å². The van der Waals surface area contributed by atoms with Crippen molar-refractivity contribution < 1.29 is 18.8 Å². The summed E-state index contributed by atoms with van der Waals surface area (Å²) in [6, 6.07) is 7.63. The topological polar surface area (TPSA) is 68.0 Å². The van der Waals surface area contributed by atoms with Crippen LogP contribution in [0.1, 0.15) is 17.0 Å². The van der Waals surface area contributed by atoms with E-state index in [1.54, 1.807) is 0 Å².